The highest BCUT2D eigenvalue weighted by atomic mass is 16.5. The van der Waals surface area contributed by atoms with E-state index in [2.05, 4.69) is 0 Å². The standard InChI is InChI=1S/C18H18O7/c1-22-14-9-8-11(16(23-2)17(14)24-3)10-15(18(20)21)25-13-7-5-4-6-12(13)19/h4-10,19H,1-3H3,(H,20,21). The number of methoxy groups -OCH3 is 3. The van der Waals surface area contributed by atoms with E-state index in [4.69, 9.17) is 18.9 Å². The summed E-state index contributed by atoms with van der Waals surface area (Å²) in [6, 6.07) is 9.29. The van der Waals surface area contributed by atoms with Crippen LogP contribution < -0.4 is 18.9 Å². The first-order chi connectivity index (χ1) is 12.0. The van der Waals surface area contributed by atoms with Crippen LogP contribution in [0.2, 0.25) is 0 Å². The van der Waals surface area contributed by atoms with Gasteiger partial charge >= 0.3 is 5.97 Å². The van der Waals surface area contributed by atoms with Crippen molar-refractivity contribution in [1.82, 2.24) is 0 Å². The zero-order valence-electron chi connectivity index (χ0n) is 14.0. The van der Waals surface area contributed by atoms with Crippen LogP contribution in [-0.2, 0) is 4.79 Å². The van der Waals surface area contributed by atoms with Gasteiger partial charge in [0.25, 0.3) is 0 Å². The summed E-state index contributed by atoms with van der Waals surface area (Å²) < 4.78 is 21.1. The van der Waals surface area contributed by atoms with Crippen molar-refractivity contribution in [3.05, 3.63) is 47.7 Å². The lowest BCUT2D eigenvalue weighted by Gasteiger charge is -2.14. The van der Waals surface area contributed by atoms with Crippen LogP contribution in [0.5, 0.6) is 28.7 Å². The second-order valence-electron chi connectivity index (χ2n) is 4.81. The van der Waals surface area contributed by atoms with Gasteiger partial charge in [-0.2, -0.15) is 0 Å². The third-order valence-electron chi connectivity index (χ3n) is 3.32. The molecule has 132 valence electrons. The Morgan fingerprint density at radius 1 is 0.920 bits per heavy atom. The molecule has 0 aliphatic rings. The number of aliphatic carboxylic acids is 1. The quantitative estimate of drug-likeness (QED) is 0.588. The Balaban J connectivity index is 2.50. The van der Waals surface area contributed by atoms with Crippen LogP contribution >= 0.6 is 0 Å². The zero-order chi connectivity index (χ0) is 18.4. The molecule has 0 saturated carbocycles. The van der Waals surface area contributed by atoms with Crippen LogP contribution in [0.4, 0.5) is 0 Å². The van der Waals surface area contributed by atoms with Crippen molar-refractivity contribution in [2.24, 2.45) is 0 Å². The van der Waals surface area contributed by atoms with E-state index in [-0.39, 0.29) is 11.5 Å². The molecule has 0 radical (unpaired) electrons. The first kappa shape index (κ1) is 18.0. The summed E-state index contributed by atoms with van der Waals surface area (Å²) >= 11 is 0. The Kier molecular flexibility index (Phi) is 5.73. The van der Waals surface area contributed by atoms with Crippen molar-refractivity contribution in [3.8, 4) is 28.7 Å². The molecule has 2 N–H and O–H groups in total. The Bertz CT molecular complexity index is 796. The average molecular weight is 346 g/mol. The predicted molar refractivity (Wildman–Crippen MR) is 90.4 cm³/mol. The van der Waals surface area contributed by atoms with E-state index in [0.29, 0.717) is 22.8 Å². The molecular formula is C18H18O7. The van der Waals surface area contributed by atoms with Gasteiger partial charge in [0, 0.05) is 5.56 Å². The number of phenolic OH excluding ortho intramolecular Hbond substituents is 1. The average Bonchev–Trinajstić information content (AvgIpc) is 2.61. The number of rotatable bonds is 7. The largest absolute Gasteiger partial charge is 0.504 e. The molecule has 0 aliphatic carbocycles. The van der Waals surface area contributed by atoms with E-state index in [1.54, 1.807) is 24.3 Å². The molecule has 2 aromatic rings. The lowest BCUT2D eigenvalue weighted by Crippen LogP contribution is -2.08. The molecule has 7 nitrogen and oxygen atoms in total. The van der Waals surface area contributed by atoms with Crippen molar-refractivity contribution in [3.63, 3.8) is 0 Å². The highest BCUT2D eigenvalue weighted by Crippen LogP contribution is 2.40. The highest BCUT2D eigenvalue weighted by molar-refractivity contribution is 5.91. The van der Waals surface area contributed by atoms with Gasteiger partial charge in [-0.25, -0.2) is 4.79 Å². The molecule has 0 unspecified atom stereocenters. The Labute approximate surface area is 144 Å². The second-order valence-corrected chi connectivity index (χ2v) is 4.81. The third-order valence-corrected chi connectivity index (χ3v) is 3.32. The van der Waals surface area contributed by atoms with Crippen LogP contribution in [0.1, 0.15) is 5.56 Å². The zero-order valence-corrected chi connectivity index (χ0v) is 14.0. The fraction of sp³-hybridized carbons (Fsp3) is 0.167. The van der Waals surface area contributed by atoms with Gasteiger partial charge < -0.3 is 29.2 Å². The molecule has 2 aromatic carbocycles. The predicted octanol–water partition coefficient (Wildman–Crippen LogP) is 2.92. The van der Waals surface area contributed by atoms with Gasteiger partial charge in [-0.1, -0.05) is 12.1 Å². The van der Waals surface area contributed by atoms with Crippen LogP contribution in [0.15, 0.2) is 42.2 Å². The number of hydrogen-bond donors (Lipinski definition) is 2. The van der Waals surface area contributed by atoms with Crippen LogP contribution in [0, 0.1) is 0 Å². The van der Waals surface area contributed by atoms with Crippen molar-refractivity contribution in [2.45, 2.75) is 0 Å². The Morgan fingerprint density at radius 2 is 1.60 bits per heavy atom. The number of carbonyl (C=O) groups is 1. The van der Waals surface area contributed by atoms with Crippen LogP contribution in [0.3, 0.4) is 0 Å². The van der Waals surface area contributed by atoms with Crippen LogP contribution in [0.25, 0.3) is 6.08 Å². The lowest BCUT2D eigenvalue weighted by molar-refractivity contribution is -0.134. The fourth-order valence-electron chi connectivity index (χ4n) is 2.18. The number of ether oxygens (including phenoxy) is 4. The fourth-order valence-corrected chi connectivity index (χ4v) is 2.18. The molecule has 25 heavy (non-hydrogen) atoms. The van der Waals surface area contributed by atoms with E-state index in [0.717, 1.165) is 0 Å². The molecule has 0 atom stereocenters. The second kappa shape index (κ2) is 7.96. The molecule has 0 fully saturated rings. The smallest absolute Gasteiger partial charge is 0.371 e. The minimum Gasteiger partial charge on any atom is -0.504 e. The van der Waals surface area contributed by atoms with Crippen molar-refractivity contribution >= 4 is 12.0 Å². The van der Waals surface area contributed by atoms with Crippen molar-refractivity contribution < 1.29 is 34.0 Å². The van der Waals surface area contributed by atoms with Gasteiger partial charge in [-0.3, -0.25) is 0 Å². The molecule has 0 aromatic heterocycles. The summed E-state index contributed by atoms with van der Waals surface area (Å²) in [5, 5.41) is 19.2. The molecule has 0 bridgehead atoms. The van der Waals surface area contributed by atoms with Gasteiger partial charge in [0.2, 0.25) is 11.5 Å². The van der Waals surface area contributed by atoms with E-state index in [1.807, 2.05) is 0 Å². The number of carboxylic acid groups (broad SMARTS) is 1. The summed E-state index contributed by atoms with van der Waals surface area (Å²) in [6.45, 7) is 0. The minimum absolute atomic E-state index is 0.0237. The van der Waals surface area contributed by atoms with Gasteiger partial charge in [-0.05, 0) is 30.3 Å². The first-order valence-electron chi connectivity index (χ1n) is 7.21. The van der Waals surface area contributed by atoms with Gasteiger partial charge in [0.1, 0.15) is 0 Å². The molecule has 7 heteroatoms. The molecule has 0 aliphatic heterocycles. The van der Waals surface area contributed by atoms with E-state index in [1.165, 1.54) is 39.5 Å². The normalized spacial score (nSPS) is 10.9. The summed E-state index contributed by atoms with van der Waals surface area (Å²) in [7, 11) is 4.36. The van der Waals surface area contributed by atoms with E-state index in [9.17, 15) is 15.0 Å². The molecule has 0 amide bonds. The van der Waals surface area contributed by atoms with E-state index >= 15 is 0 Å². The maximum Gasteiger partial charge on any atom is 0.371 e. The number of phenols is 1. The third kappa shape index (κ3) is 3.95. The summed E-state index contributed by atoms with van der Waals surface area (Å²) in [4.78, 5) is 11.5. The van der Waals surface area contributed by atoms with Gasteiger partial charge in [0.05, 0.1) is 21.3 Å². The first-order valence-corrected chi connectivity index (χ1v) is 7.21. The Morgan fingerprint density at radius 3 is 2.16 bits per heavy atom. The minimum atomic E-state index is -1.31. The number of aromatic hydroxyl groups is 1. The molecule has 0 spiro atoms. The molecular weight excluding hydrogens is 328 g/mol. The monoisotopic (exact) mass is 346 g/mol. The maximum atomic E-state index is 11.5. The number of benzene rings is 2. The number of carboxylic acids is 1. The number of hydrogen-bond acceptors (Lipinski definition) is 6. The maximum absolute atomic E-state index is 11.5. The summed E-state index contributed by atoms with van der Waals surface area (Å²) in [5.74, 6) is -0.792. The van der Waals surface area contributed by atoms with Crippen molar-refractivity contribution in [2.75, 3.05) is 21.3 Å². The Hall–Kier alpha value is -3.35. The van der Waals surface area contributed by atoms with Crippen LogP contribution in [-0.4, -0.2) is 37.5 Å². The number of para-hydroxylation sites is 2. The lowest BCUT2D eigenvalue weighted by atomic mass is 10.1. The topological polar surface area (TPSA) is 94.5 Å². The molecule has 0 heterocycles. The molecule has 2 rings (SSSR count). The summed E-state index contributed by atoms with van der Waals surface area (Å²) in [6.07, 6.45) is 1.27. The SMILES string of the molecule is COc1ccc(C=C(Oc2ccccc2O)C(=O)O)c(OC)c1OC. The molecule has 0 saturated heterocycles. The van der Waals surface area contributed by atoms with Gasteiger partial charge in [-0.15, -0.1) is 0 Å². The summed E-state index contributed by atoms with van der Waals surface area (Å²) in [5.41, 5.74) is 0.410. The van der Waals surface area contributed by atoms with Gasteiger partial charge in [0.15, 0.2) is 23.0 Å². The van der Waals surface area contributed by atoms with Crippen molar-refractivity contribution in [1.29, 1.82) is 0 Å². The highest BCUT2D eigenvalue weighted by Gasteiger charge is 2.18. The van der Waals surface area contributed by atoms with E-state index < -0.39 is 11.7 Å².